The second-order valence-electron chi connectivity index (χ2n) is 7.21. The van der Waals surface area contributed by atoms with Crippen molar-refractivity contribution in [1.29, 1.82) is 0 Å². The molecule has 2 unspecified atom stereocenters. The zero-order valence-electron chi connectivity index (χ0n) is 15.7. The van der Waals surface area contributed by atoms with Gasteiger partial charge in [-0.2, -0.15) is 0 Å². The molecule has 0 bridgehead atoms. The molecule has 1 aliphatic rings. The molecule has 0 saturated carbocycles. The topological polar surface area (TPSA) is 15.6 Å². The highest BCUT2D eigenvalue weighted by Gasteiger charge is 2.25. The molecule has 0 N–H and O–H groups in total. The van der Waals surface area contributed by atoms with Crippen LogP contribution >= 0.6 is 11.6 Å². The highest BCUT2D eigenvalue weighted by molar-refractivity contribution is 6.17. The van der Waals surface area contributed by atoms with Gasteiger partial charge < -0.3 is 0 Å². The SMILES string of the molecule is CC(N=C1CCN(Cc2ccccc2)CC1CCCCl)c1ccccc1. The fourth-order valence-corrected chi connectivity index (χ4v) is 3.93. The second-order valence-corrected chi connectivity index (χ2v) is 7.58. The number of nitrogens with zero attached hydrogens (tertiary/aromatic N) is 2. The van der Waals surface area contributed by atoms with Crippen molar-refractivity contribution < 1.29 is 0 Å². The Morgan fingerprint density at radius 2 is 1.77 bits per heavy atom. The summed E-state index contributed by atoms with van der Waals surface area (Å²) in [5, 5.41) is 0. The van der Waals surface area contributed by atoms with Gasteiger partial charge in [0, 0.05) is 37.1 Å². The Kier molecular flexibility index (Phi) is 7.28. The standard InChI is InChI=1S/C23H29ClN2/c1-19(21-11-6-3-7-12-21)25-23-14-16-26(18-22(23)13-8-15-24)17-20-9-4-2-5-10-20/h2-7,9-12,19,22H,8,13-18H2,1H3. The summed E-state index contributed by atoms with van der Waals surface area (Å²) in [5.74, 6) is 1.26. The van der Waals surface area contributed by atoms with Crippen molar-refractivity contribution in [3.05, 3.63) is 71.8 Å². The Hall–Kier alpha value is -1.64. The molecule has 2 aromatic carbocycles. The summed E-state index contributed by atoms with van der Waals surface area (Å²) in [6.45, 7) is 5.41. The minimum Gasteiger partial charge on any atom is -0.298 e. The van der Waals surface area contributed by atoms with E-state index in [4.69, 9.17) is 16.6 Å². The van der Waals surface area contributed by atoms with Gasteiger partial charge in [0.25, 0.3) is 0 Å². The average molecular weight is 369 g/mol. The van der Waals surface area contributed by atoms with E-state index in [-0.39, 0.29) is 6.04 Å². The fourth-order valence-electron chi connectivity index (χ4n) is 3.78. The third-order valence-electron chi connectivity index (χ3n) is 5.21. The molecule has 2 atom stereocenters. The summed E-state index contributed by atoms with van der Waals surface area (Å²) in [6.07, 6.45) is 3.26. The maximum Gasteiger partial charge on any atom is 0.0720 e. The van der Waals surface area contributed by atoms with Crippen LogP contribution in [-0.2, 0) is 6.54 Å². The summed E-state index contributed by atoms with van der Waals surface area (Å²) < 4.78 is 0. The lowest BCUT2D eigenvalue weighted by molar-refractivity contribution is 0.226. The molecule has 0 radical (unpaired) electrons. The monoisotopic (exact) mass is 368 g/mol. The minimum absolute atomic E-state index is 0.227. The summed E-state index contributed by atoms with van der Waals surface area (Å²) >= 11 is 5.98. The van der Waals surface area contributed by atoms with Gasteiger partial charge in [0.05, 0.1) is 6.04 Å². The largest absolute Gasteiger partial charge is 0.298 e. The zero-order valence-corrected chi connectivity index (χ0v) is 16.4. The number of piperidine rings is 1. The quantitative estimate of drug-likeness (QED) is 0.570. The van der Waals surface area contributed by atoms with Crippen molar-refractivity contribution in [3.8, 4) is 0 Å². The van der Waals surface area contributed by atoms with Crippen LogP contribution in [0.25, 0.3) is 0 Å². The lowest BCUT2D eigenvalue weighted by atomic mass is 9.90. The van der Waals surface area contributed by atoms with E-state index < -0.39 is 0 Å². The number of rotatable bonds is 7. The van der Waals surface area contributed by atoms with E-state index in [2.05, 4.69) is 72.5 Å². The van der Waals surface area contributed by atoms with E-state index in [1.807, 2.05) is 0 Å². The molecule has 1 fully saturated rings. The first-order valence-corrected chi connectivity index (χ1v) is 10.2. The minimum atomic E-state index is 0.227. The van der Waals surface area contributed by atoms with Crippen LogP contribution in [0.1, 0.15) is 43.4 Å². The Labute approximate surface area is 162 Å². The van der Waals surface area contributed by atoms with Crippen LogP contribution < -0.4 is 0 Å². The number of benzene rings is 2. The normalized spacial score (nSPS) is 21.0. The van der Waals surface area contributed by atoms with Crippen molar-refractivity contribution in [2.45, 2.75) is 38.8 Å². The Morgan fingerprint density at radius 3 is 2.46 bits per heavy atom. The van der Waals surface area contributed by atoms with Crippen LogP contribution in [0.3, 0.4) is 0 Å². The molecular formula is C23H29ClN2. The molecule has 26 heavy (non-hydrogen) atoms. The van der Waals surface area contributed by atoms with Crippen molar-refractivity contribution in [3.63, 3.8) is 0 Å². The highest BCUT2D eigenvalue weighted by atomic mass is 35.5. The van der Waals surface area contributed by atoms with E-state index in [1.54, 1.807) is 0 Å². The molecule has 0 aromatic heterocycles. The highest BCUT2D eigenvalue weighted by Crippen LogP contribution is 2.25. The van der Waals surface area contributed by atoms with Gasteiger partial charge in [0.15, 0.2) is 0 Å². The molecular weight excluding hydrogens is 340 g/mol. The van der Waals surface area contributed by atoms with E-state index in [0.29, 0.717) is 5.92 Å². The van der Waals surface area contributed by atoms with Crippen molar-refractivity contribution in [2.24, 2.45) is 10.9 Å². The van der Waals surface area contributed by atoms with Crippen molar-refractivity contribution in [1.82, 2.24) is 4.90 Å². The number of likely N-dealkylation sites (tertiary alicyclic amines) is 1. The smallest absolute Gasteiger partial charge is 0.0720 e. The van der Waals surface area contributed by atoms with Crippen LogP contribution in [-0.4, -0.2) is 29.6 Å². The number of alkyl halides is 1. The van der Waals surface area contributed by atoms with Gasteiger partial charge in [-0.15, -0.1) is 11.6 Å². The summed E-state index contributed by atoms with van der Waals surface area (Å²) in [4.78, 5) is 7.70. The lowest BCUT2D eigenvalue weighted by Crippen LogP contribution is -2.40. The average Bonchev–Trinajstić information content (AvgIpc) is 2.69. The first-order chi connectivity index (χ1) is 12.8. The molecule has 0 amide bonds. The maximum absolute atomic E-state index is 5.98. The van der Waals surface area contributed by atoms with Gasteiger partial charge >= 0.3 is 0 Å². The number of halogens is 1. The number of hydrogen-bond donors (Lipinski definition) is 0. The van der Waals surface area contributed by atoms with Crippen LogP contribution in [0.5, 0.6) is 0 Å². The first kappa shape index (κ1) is 19.1. The van der Waals surface area contributed by atoms with E-state index >= 15 is 0 Å². The predicted molar refractivity (Wildman–Crippen MR) is 112 cm³/mol. The third kappa shape index (κ3) is 5.43. The summed E-state index contributed by atoms with van der Waals surface area (Å²) in [6, 6.07) is 21.6. The van der Waals surface area contributed by atoms with E-state index in [0.717, 1.165) is 44.8 Å². The molecule has 3 rings (SSSR count). The Balaban J connectivity index is 1.69. The van der Waals surface area contributed by atoms with Gasteiger partial charge in [-0.25, -0.2) is 0 Å². The van der Waals surface area contributed by atoms with E-state index in [9.17, 15) is 0 Å². The summed E-state index contributed by atoms with van der Waals surface area (Å²) in [5.41, 5.74) is 4.07. The van der Waals surface area contributed by atoms with E-state index in [1.165, 1.54) is 16.8 Å². The van der Waals surface area contributed by atoms with Gasteiger partial charge in [0.2, 0.25) is 0 Å². The molecule has 0 aliphatic carbocycles. The first-order valence-electron chi connectivity index (χ1n) is 9.70. The molecule has 2 nitrogen and oxygen atoms in total. The molecule has 138 valence electrons. The number of hydrogen-bond acceptors (Lipinski definition) is 2. The Morgan fingerprint density at radius 1 is 1.08 bits per heavy atom. The number of aliphatic imine (C=N–C) groups is 1. The molecule has 1 heterocycles. The van der Waals surface area contributed by atoms with Gasteiger partial charge in [-0.05, 0) is 37.3 Å². The maximum atomic E-state index is 5.98. The fraction of sp³-hybridized carbons (Fsp3) is 0.435. The molecule has 0 spiro atoms. The Bertz CT molecular complexity index is 684. The third-order valence-corrected chi connectivity index (χ3v) is 5.48. The van der Waals surface area contributed by atoms with Gasteiger partial charge in [-0.3, -0.25) is 9.89 Å². The van der Waals surface area contributed by atoms with Crippen molar-refractivity contribution >= 4 is 17.3 Å². The second kappa shape index (κ2) is 9.89. The van der Waals surface area contributed by atoms with Crippen LogP contribution in [0.4, 0.5) is 0 Å². The van der Waals surface area contributed by atoms with Gasteiger partial charge in [-0.1, -0.05) is 60.7 Å². The van der Waals surface area contributed by atoms with Crippen molar-refractivity contribution in [2.75, 3.05) is 19.0 Å². The molecule has 1 saturated heterocycles. The zero-order chi connectivity index (χ0) is 18.2. The van der Waals surface area contributed by atoms with Gasteiger partial charge in [0.1, 0.15) is 0 Å². The summed E-state index contributed by atoms with van der Waals surface area (Å²) in [7, 11) is 0. The van der Waals surface area contributed by atoms with Crippen LogP contribution in [0.2, 0.25) is 0 Å². The molecule has 3 heteroatoms. The molecule has 2 aromatic rings. The lowest BCUT2D eigenvalue weighted by Gasteiger charge is -2.34. The molecule has 1 aliphatic heterocycles. The van der Waals surface area contributed by atoms with Crippen LogP contribution in [0, 0.1) is 5.92 Å². The predicted octanol–water partition coefficient (Wildman–Crippen LogP) is 5.73. The van der Waals surface area contributed by atoms with Crippen LogP contribution in [0.15, 0.2) is 65.7 Å².